The van der Waals surface area contributed by atoms with Gasteiger partial charge < -0.3 is 15.5 Å². The lowest BCUT2D eigenvalue weighted by Crippen LogP contribution is -2.42. The van der Waals surface area contributed by atoms with Crippen LogP contribution >= 0.6 is 35.3 Å². The van der Waals surface area contributed by atoms with Crippen LogP contribution in [0, 0.1) is 5.82 Å². The van der Waals surface area contributed by atoms with Crippen LogP contribution in [0.4, 0.5) is 4.39 Å². The second kappa shape index (κ2) is 12.6. The first kappa shape index (κ1) is 25.0. The van der Waals surface area contributed by atoms with Crippen molar-refractivity contribution in [3.63, 3.8) is 0 Å². The van der Waals surface area contributed by atoms with Gasteiger partial charge >= 0.3 is 0 Å². The van der Waals surface area contributed by atoms with E-state index < -0.39 is 0 Å². The summed E-state index contributed by atoms with van der Waals surface area (Å²) < 4.78 is 14.0. The third-order valence-corrected chi connectivity index (χ3v) is 6.17. The number of nitrogens with one attached hydrogen (secondary N) is 2. The van der Waals surface area contributed by atoms with E-state index in [9.17, 15) is 4.39 Å². The monoisotopic (exact) mass is 545 g/mol. The van der Waals surface area contributed by atoms with Crippen LogP contribution in [0.2, 0.25) is 0 Å². The van der Waals surface area contributed by atoms with Crippen LogP contribution < -0.4 is 10.6 Å². The summed E-state index contributed by atoms with van der Waals surface area (Å²) in [6, 6.07) is 10.0. The lowest BCUT2D eigenvalue weighted by atomic mass is 10.1. The molecule has 5 nitrogen and oxygen atoms in total. The fourth-order valence-corrected chi connectivity index (χ4v) is 4.60. The minimum atomic E-state index is -0.158. The van der Waals surface area contributed by atoms with Gasteiger partial charge in [0, 0.05) is 37.1 Å². The Morgan fingerprint density at radius 1 is 1.23 bits per heavy atom. The lowest BCUT2D eigenvalue weighted by Gasteiger charge is -2.27. The van der Waals surface area contributed by atoms with Crippen molar-refractivity contribution in [3.8, 4) is 0 Å². The van der Waals surface area contributed by atoms with E-state index in [0.29, 0.717) is 24.7 Å². The van der Waals surface area contributed by atoms with Gasteiger partial charge in [-0.3, -0.25) is 9.89 Å². The molecule has 8 heteroatoms. The predicted octanol–water partition coefficient (Wildman–Crippen LogP) is 4.07. The summed E-state index contributed by atoms with van der Waals surface area (Å²) in [5, 5.41) is 8.99. The largest absolute Gasteiger partial charge is 0.354 e. The Labute approximate surface area is 200 Å². The SMILES string of the molecule is CN=C(NCc1ccc(F)c(CN(C)C)c1)NCC(c1cccs1)N1CCCC1.I. The van der Waals surface area contributed by atoms with Gasteiger partial charge in [-0.1, -0.05) is 12.1 Å². The van der Waals surface area contributed by atoms with Gasteiger partial charge in [-0.25, -0.2) is 4.39 Å². The number of hydrogen-bond donors (Lipinski definition) is 2. The predicted molar refractivity (Wildman–Crippen MR) is 135 cm³/mol. The summed E-state index contributed by atoms with van der Waals surface area (Å²) in [6.45, 7) is 4.31. The van der Waals surface area contributed by atoms with E-state index >= 15 is 0 Å². The van der Waals surface area contributed by atoms with Crippen LogP contribution in [0.15, 0.2) is 40.7 Å². The van der Waals surface area contributed by atoms with Gasteiger partial charge in [0.05, 0.1) is 6.04 Å². The lowest BCUT2D eigenvalue weighted by molar-refractivity contribution is 0.249. The summed E-state index contributed by atoms with van der Waals surface area (Å²) in [5.74, 6) is 0.610. The van der Waals surface area contributed by atoms with Gasteiger partial charge in [-0.2, -0.15) is 0 Å². The van der Waals surface area contributed by atoms with E-state index in [4.69, 9.17) is 0 Å². The average Bonchev–Trinajstić information content (AvgIpc) is 3.41. The third-order valence-electron chi connectivity index (χ3n) is 5.20. The van der Waals surface area contributed by atoms with Gasteiger partial charge in [0.25, 0.3) is 0 Å². The van der Waals surface area contributed by atoms with Gasteiger partial charge in [-0.05, 0) is 69.2 Å². The molecule has 1 aromatic carbocycles. The Bertz CT molecular complexity index is 791. The van der Waals surface area contributed by atoms with E-state index in [0.717, 1.165) is 31.2 Å². The summed E-state index contributed by atoms with van der Waals surface area (Å²) in [7, 11) is 5.68. The van der Waals surface area contributed by atoms with Crippen LogP contribution in [0.5, 0.6) is 0 Å². The molecule has 0 radical (unpaired) electrons. The van der Waals surface area contributed by atoms with Crippen molar-refractivity contribution in [2.24, 2.45) is 4.99 Å². The number of halogens is 2. The molecule has 30 heavy (non-hydrogen) atoms. The third kappa shape index (κ3) is 7.18. The Balaban J connectivity index is 0.00000320. The molecule has 2 N–H and O–H groups in total. The Hall–Kier alpha value is -1.23. The molecule has 1 unspecified atom stereocenters. The van der Waals surface area contributed by atoms with Crippen molar-refractivity contribution in [1.82, 2.24) is 20.4 Å². The summed E-state index contributed by atoms with van der Waals surface area (Å²) in [6.07, 6.45) is 2.55. The molecular weight excluding hydrogens is 512 g/mol. The fourth-order valence-electron chi connectivity index (χ4n) is 3.74. The van der Waals surface area contributed by atoms with Gasteiger partial charge in [0.1, 0.15) is 5.82 Å². The molecule has 1 saturated heterocycles. The van der Waals surface area contributed by atoms with E-state index in [1.54, 1.807) is 13.1 Å². The number of thiophene rings is 1. The molecule has 1 aliphatic rings. The molecule has 3 rings (SSSR count). The number of aliphatic imine (C=N–C) groups is 1. The van der Waals surface area contributed by atoms with Crippen molar-refractivity contribution in [3.05, 3.63) is 57.5 Å². The van der Waals surface area contributed by atoms with Crippen LogP contribution in [0.1, 0.15) is 34.9 Å². The van der Waals surface area contributed by atoms with Crippen molar-refractivity contribution in [2.45, 2.75) is 32.0 Å². The number of rotatable bonds is 8. The number of guanidine groups is 1. The zero-order valence-electron chi connectivity index (χ0n) is 18.0. The molecular formula is C22H33FIN5S. The molecule has 0 bridgehead atoms. The molecule has 1 aromatic heterocycles. The highest BCUT2D eigenvalue weighted by atomic mass is 127. The van der Waals surface area contributed by atoms with Crippen LogP contribution in [-0.4, -0.2) is 56.5 Å². The van der Waals surface area contributed by atoms with E-state index in [1.165, 1.54) is 17.7 Å². The number of hydrogen-bond acceptors (Lipinski definition) is 4. The first-order valence-electron chi connectivity index (χ1n) is 10.2. The molecule has 1 fully saturated rings. The number of likely N-dealkylation sites (tertiary alicyclic amines) is 1. The molecule has 0 spiro atoms. The van der Waals surface area contributed by atoms with Crippen molar-refractivity contribution in [1.29, 1.82) is 0 Å². The maximum atomic E-state index is 14.0. The first-order valence-corrected chi connectivity index (χ1v) is 11.1. The molecule has 2 heterocycles. The number of benzene rings is 1. The number of nitrogens with zero attached hydrogens (tertiary/aromatic N) is 3. The zero-order chi connectivity index (χ0) is 20.6. The Morgan fingerprint density at radius 2 is 2.00 bits per heavy atom. The van der Waals surface area contributed by atoms with Crippen molar-refractivity contribution < 1.29 is 4.39 Å². The van der Waals surface area contributed by atoms with E-state index in [-0.39, 0.29) is 29.8 Å². The molecule has 0 amide bonds. The topological polar surface area (TPSA) is 42.9 Å². The van der Waals surface area contributed by atoms with Crippen LogP contribution in [0.3, 0.4) is 0 Å². The molecule has 0 saturated carbocycles. The first-order chi connectivity index (χ1) is 14.1. The van der Waals surface area contributed by atoms with Gasteiger partial charge in [-0.15, -0.1) is 35.3 Å². The minimum absolute atomic E-state index is 0. The average molecular weight is 546 g/mol. The molecule has 166 valence electrons. The fraction of sp³-hybridized carbons (Fsp3) is 0.500. The van der Waals surface area contributed by atoms with Gasteiger partial charge in [0.15, 0.2) is 5.96 Å². The highest BCUT2D eigenvalue weighted by molar-refractivity contribution is 14.0. The summed E-state index contributed by atoms with van der Waals surface area (Å²) >= 11 is 1.81. The van der Waals surface area contributed by atoms with Crippen molar-refractivity contribution >= 4 is 41.3 Å². The molecule has 1 atom stereocenters. The van der Waals surface area contributed by atoms with Crippen LogP contribution in [-0.2, 0) is 13.1 Å². The Morgan fingerprint density at radius 3 is 2.63 bits per heavy atom. The van der Waals surface area contributed by atoms with E-state index in [2.05, 4.69) is 38.0 Å². The molecule has 0 aliphatic carbocycles. The maximum absolute atomic E-state index is 14.0. The molecule has 2 aromatic rings. The summed E-state index contributed by atoms with van der Waals surface area (Å²) in [4.78, 5) is 10.3. The van der Waals surface area contributed by atoms with Gasteiger partial charge in [0.2, 0.25) is 0 Å². The molecule has 1 aliphatic heterocycles. The van der Waals surface area contributed by atoms with E-state index in [1.807, 2.05) is 42.5 Å². The van der Waals surface area contributed by atoms with Crippen LogP contribution in [0.25, 0.3) is 0 Å². The second-order valence-corrected chi connectivity index (χ2v) is 8.72. The second-order valence-electron chi connectivity index (χ2n) is 7.74. The normalized spacial score (nSPS) is 15.8. The highest BCUT2D eigenvalue weighted by Gasteiger charge is 2.24. The quantitative estimate of drug-likeness (QED) is 0.298. The zero-order valence-corrected chi connectivity index (χ0v) is 21.2. The minimum Gasteiger partial charge on any atom is -0.354 e. The standard InChI is InChI=1S/C22H32FN5S.HI/c1-24-22(25-14-17-8-9-19(23)18(13-17)16-27(2)3)26-15-20(21-7-6-12-29-21)28-10-4-5-11-28;/h6-9,12-13,20H,4-5,10-11,14-16H2,1-3H3,(H2,24,25,26);1H. The Kier molecular flexibility index (Phi) is 10.5. The smallest absolute Gasteiger partial charge is 0.191 e. The maximum Gasteiger partial charge on any atom is 0.191 e. The van der Waals surface area contributed by atoms with Crippen molar-refractivity contribution in [2.75, 3.05) is 40.8 Å². The summed E-state index contributed by atoms with van der Waals surface area (Å²) in [5.41, 5.74) is 1.75. The highest BCUT2D eigenvalue weighted by Crippen LogP contribution is 2.27.